The van der Waals surface area contributed by atoms with Gasteiger partial charge in [-0.05, 0) is 78.3 Å². The molecule has 4 aromatic rings. The molecule has 0 bridgehead atoms. The van der Waals surface area contributed by atoms with Crippen molar-refractivity contribution in [1.29, 1.82) is 0 Å². The number of hydrogen-bond donors (Lipinski definition) is 1. The Hall–Kier alpha value is -3.50. The van der Waals surface area contributed by atoms with E-state index in [1.165, 1.54) is 16.3 Å². The summed E-state index contributed by atoms with van der Waals surface area (Å²) in [5.74, 6) is 0.403. The Labute approximate surface area is 218 Å². The minimum absolute atomic E-state index is 0. The second-order valence-electron chi connectivity index (χ2n) is 9.52. The maximum absolute atomic E-state index is 11.6. The first-order valence-corrected chi connectivity index (χ1v) is 12.4. The minimum Gasteiger partial charge on any atom is -0.486 e. The van der Waals surface area contributed by atoms with Gasteiger partial charge in [-0.15, -0.1) is 12.4 Å². The molecule has 4 aromatic carbocycles. The van der Waals surface area contributed by atoms with Crippen LogP contribution in [0.25, 0.3) is 10.8 Å². The van der Waals surface area contributed by atoms with Crippen molar-refractivity contribution < 1.29 is 14.6 Å². The SMILES string of the molecule is Cc1ccc(C(=O)O)cc1N1CC(CCC[C@H](C)c2cccc3ccccc23)Oc2ccccc21.Cl. The van der Waals surface area contributed by atoms with Crippen LogP contribution in [-0.4, -0.2) is 23.7 Å². The summed E-state index contributed by atoms with van der Waals surface area (Å²) >= 11 is 0. The largest absolute Gasteiger partial charge is 0.486 e. The van der Waals surface area contributed by atoms with Crippen LogP contribution in [0.15, 0.2) is 84.9 Å². The smallest absolute Gasteiger partial charge is 0.335 e. The first kappa shape index (κ1) is 25.6. The van der Waals surface area contributed by atoms with Gasteiger partial charge in [-0.3, -0.25) is 0 Å². The van der Waals surface area contributed by atoms with Gasteiger partial charge in [0.2, 0.25) is 0 Å². The number of aryl methyl sites for hydroxylation is 1. The number of para-hydroxylation sites is 2. The van der Waals surface area contributed by atoms with E-state index < -0.39 is 5.97 Å². The zero-order valence-electron chi connectivity index (χ0n) is 20.7. The molecule has 4 nitrogen and oxygen atoms in total. The summed E-state index contributed by atoms with van der Waals surface area (Å²) in [5.41, 5.74) is 4.67. The lowest BCUT2D eigenvalue weighted by molar-refractivity contribution is 0.0697. The Morgan fingerprint density at radius 3 is 2.58 bits per heavy atom. The van der Waals surface area contributed by atoms with Gasteiger partial charge in [0.15, 0.2) is 0 Å². The molecule has 0 aromatic heterocycles. The average molecular weight is 502 g/mol. The number of carboxylic acid groups (broad SMARTS) is 1. The minimum atomic E-state index is -0.910. The van der Waals surface area contributed by atoms with Gasteiger partial charge < -0.3 is 14.7 Å². The van der Waals surface area contributed by atoms with Crippen molar-refractivity contribution in [3.63, 3.8) is 0 Å². The number of anilines is 2. The van der Waals surface area contributed by atoms with E-state index in [0.29, 0.717) is 18.0 Å². The molecule has 1 N–H and O–H groups in total. The molecule has 5 heteroatoms. The van der Waals surface area contributed by atoms with E-state index in [1.54, 1.807) is 12.1 Å². The molecule has 5 rings (SSSR count). The van der Waals surface area contributed by atoms with Crippen molar-refractivity contribution in [3.05, 3.63) is 102 Å². The van der Waals surface area contributed by atoms with E-state index in [0.717, 1.165) is 42.0 Å². The van der Waals surface area contributed by atoms with Crippen LogP contribution in [0.3, 0.4) is 0 Å². The Bertz CT molecular complexity index is 1360. The topological polar surface area (TPSA) is 49.8 Å². The number of nitrogens with zero attached hydrogens (tertiary/aromatic N) is 1. The third-order valence-electron chi connectivity index (χ3n) is 7.10. The van der Waals surface area contributed by atoms with Gasteiger partial charge in [-0.1, -0.05) is 67.6 Å². The van der Waals surface area contributed by atoms with Gasteiger partial charge >= 0.3 is 5.97 Å². The molecule has 1 heterocycles. The fraction of sp³-hybridized carbons (Fsp3) is 0.258. The number of aromatic carboxylic acids is 1. The first-order valence-electron chi connectivity index (χ1n) is 12.4. The summed E-state index contributed by atoms with van der Waals surface area (Å²) in [6.45, 7) is 5.04. The van der Waals surface area contributed by atoms with Crippen LogP contribution >= 0.6 is 12.4 Å². The highest BCUT2D eigenvalue weighted by Crippen LogP contribution is 2.40. The number of carboxylic acids is 1. The lowest BCUT2D eigenvalue weighted by atomic mass is 9.90. The molecule has 2 atom stereocenters. The van der Waals surface area contributed by atoms with Crippen molar-refractivity contribution >= 4 is 40.5 Å². The molecule has 1 aliphatic heterocycles. The predicted octanol–water partition coefficient (Wildman–Crippen LogP) is 8.14. The number of benzene rings is 4. The number of carbonyl (C=O) groups is 1. The van der Waals surface area contributed by atoms with Gasteiger partial charge in [0.05, 0.1) is 17.8 Å². The van der Waals surface area contributed by atoms with E-state index in [-0.39, 0.29) is 18.5 Å². The van der Waals surface area contributed by atoms with Gasteiger partial charge in [-0.2, -0.15) is 0 Å². The van der Waals surface area contributed by atoms with Crippen molar-refractivity contribution in [1.82, 2.24) is 0 Å². The lowest BCUT2D eigenvalue weighted by Crippen LogP contribution is -2.37. The van der Waals surface area contributed by atoms with Crippen LogP contribution in [0.4, 0.5) is 11.4 Å². The molecule has 0 saturated carbocycles. The molecular formula is C31H32ClNO3. The van der Waals surface area contributed by atoms with Gasteiger partial charge in [0.1, 0.15) is 11.9 Å². The zero-order valence-corrected chi connectivity index (χ0v) is 21.5. The van der Waals surface area contributed by atoms with E-state index in [2.05, 4.69) is 54.3 Å². The van der Waals surface area contributed by atoms with Crippen molar-refractivity contribution in [2.75, 3.05) is 11.4 Å². The highest BCUT2D eigenvalue weighted by molar-refractivity contribution is 5.90. The molecule has 0 saturated heterocycles. The predicted molar refractivity (Wildman–Crippen MR) is 149 cm³/mol. The van der Waals surface area contributed by atoms with Gasteiger partial charge in [0.25, 0.3) is 0 Å². The summed E-state index contributed by atoms with van der Waals surface area (Å²) in [7, 11) is 0. The second-order valence-corrected chi connectivity index (χ2v) is 9.52. The Morgan fingerprint density at radius 1 is 1.00 bits per heavy atom. The number of ether oxygens (including phenoxy) is 1. The first-order chi connectivity index (χ1) is 17.0. The summed E-state index contributed by atoms with van der Waals surface area (Å²) in [6, 6.07) is 28.5. The molecule has 0 aliphatic carbocycles. The van der Waals surface area contributed by atoms with Gasteiger partial charge in [-0.25, -0.2) is 4.79 Å². The number of hydrogen-bond acceptors (Lipinski definition) is 3. The Morgan fingerprint density at radius 2 is 1.75 bits per heavy atom. The molecular weight excluding hydrogens is 470 g/mol. The molecule has 0 radical (unpaired) electrons. The van der Waals surface area contributed by atoms with E-state index in [4.69, 9.17) is 4.74 Å². The van der Waals surface area contributed by atoms with Crippen molar-refractivity contribution in [2.24, 2.45) is 0 Å². The highest BCUT2D eigenvalue weighted by atomic mass is 35.5. The fourth-order valence-corrected chi connectivity index (χ4v) is 5.20. The normalized spacial score (nSPS) is 15.5. The summed E-state index contributed by atoms with van der Waals surface area (Å²) in [6.07, 6.45) is 3.12. The molecule has 1 unspecified atom stereocenters. The number of rotatable bonds is 7. The molecule has 186 valence electrons. The maximum Gasteiger partial charge on any atom is 0.335 e. The third kappa shape index (κ3) is 5.19. The Balaban J connectivity index is 0.00000304. The van der Waals surface area contributed by atoms with E-state index >= 15 is 0 Å². The second kappa shape index (κ2) is 11.0. The molecule has 0 amide bonds. The quantitative estimate of drug-likeness (QED) is 0.277. The highest BCUT2D eigenvalue weighted by Gasteiger charge is 2.28. The molecule has 36 heavy (non-hydrogen) atoms. The fourth-order valence-electron chi connectivity index (χ4n) is 5.20. The maximum atomic E-state index is 11.6. The van der Waals surface area contributed by atoms with Crippen LogP contribution in [0, 0.1) is 6.92 Å². The average Bonchev–Trinajstić information content (AvgIpc) is 2.88. The van der Waals surface area contributed by atoms with Crippen LogP contribution in [0.2, 0.25) is 0 Å². The van der Waals surface area contributed by atoms with Gasteiger partial charge in [0, 0.05) is 5.69 Å². The molecule has 0 spiro atoms. The van der Waals surface area contributed by atoms with Crippen molar-refractivity contribution in [3.8, 4) is 5.75 Å². The number of fused-ring (bicyclic) bond motifs is 2. The van der Waals surface area contributed by atoms with Crippen LogP contribution in [0.5, 0.6) is 5.75 Å². The summed E-state index contributed by atoms with van der Waals surface area (Å²) in [4.78, 5) is 13.8. The van der Waals surface area contributed by atoms with E-state index in [1.807, 2.05) is 37.3 Å². The zero-order chi connectivity index (χ0) is 24.4. The monoisotopic (exact) mass is 501 g/mol. The van der Waals surface area contributed by atoms with Crippen LogP contribution in [0.1, 0.15) is 53.6 Å². The van der Waals surface area contributed by atoms with E-state index in [9.17, 15) is 9.90 Å². The summed E-state index contributed by atoms with van der Waals surface area (Å²) in [5, 5.41) is 12.2. The van der Waals surface area contributed by atoms with Crippen LogP contribution < -0.4 is 9.64 Å². The molecule has 0 fully saturated rings. The number of halogens is 1. The molecule has 1 aliphatic rings. The standard InChI is InChI=1S/C31H31NO3.ClH/c1-21(26-14-8-11-23-10-3-4-13-27(23)26)9-7-12-25-20-32(28-15-5-6-16-30(28)35-25)29-19-24(31(33)34)18-17-22(29)2;/h3-6,8,10-11,13-19,21,25H,7,9,12,20H2,1-2H3,(H,33,34);1H/t21-,25?;/m0./s1. The van der Waals surface area contributed by atoms with Crippen molar-refractivity contribution in [2.45, 2.75) is 45.1 Å². The summed E-state index contributed by atoms with van der Waals surface area (Å²) < 4.78 is 6.40. The Kier molecular flexibility index (Phi) is 7.85. The van der Waals surface area contributed by atoms with Crippen LogP contribution in [-0.2, 0) is 0 Å². The third-order valence-corrected chi connectivity index (χ3v) is 7.10. The lowest BCUT2D eigenvalue weighted by Gasteiger charge is -2.37.